The predicted molar refractivity (Wildman–Crippen MR) is 109 cm³/mol. The van der Waals surface area contributed by atoms with Crippen molar-refractivity contribution in [1.29, 1.82) is 0 Å². The van der Waals surface area contributed by atoms with Crippen molar-refractivity contribution in [2.24, 2.45) is 11.8 Å². The Hall–Kier alpha value is -1.50. The van der Waals surface area contributed by atoms with E-state index in [1.807, 2.05) is 0 Å². The van der Waals surface area contributed by atoms with E-state index in [0.717, 1.165) is 31.2 Å². The lowest BCUT2D eigenvalue weighted by Crippen LogP contribution is -2.24. The number of aliphatic carboxylic acids is 1. The highest BCUT2D eigenvalue weighted by Gasteiger charge is 2.40. The number of hydrogen-bond donors (Lipinski definition) is 4. The van der Waals surface area contributed by atoms with Gasteiger partial charge in [-0.25, -0.2) is 4.39 Å². The van der Waals surface area contributed by atoms with Crippen LogP contribution in [0, 0.1) is 17.7 Å². The van der Waals surface area contributed by atoms with Gasteiger partial charge in [-0.1, -0.05) is 31.4 Å². The fraction of sp³-hybridized carbons (Fsp3) is 0.696. The summed E-state index contributed by atoms with van der Waals surface area (Å²) in [4.78, 5) is 10.5. The van der Waals surface area contributed by atoms with Gasteiger partial charge in [0.05, 0.1) is 18.3 Å². The molecule has 1 saturated carbocycles. The largest absolute Gasteiger partial charge is 0.481 e. The van der Waals surface area contributed by atoms with Gasteiger partial charge in [-0.3, -0.25) is 4.79 Å². The Bertz CT molecular complexity index is 606. The number of aliphatic hydroxyl groups excluding tert-OH is 3. The van der Waals surface area contributed by atoms with Crippen LogP contribution < -0.4 is 0 Å². The summed E-state index contributed by atoms with van der Waals surface area (Å²) in [5, 5.41) is 39.6. The van der Waals surface area contributed by atoms with Crippen LogP contribution in [-0.4, -0.2) is 44.7 Å². The third-order valence-electron chi connectivity index (χ3n) is 6.21. The molecule has 2 rings (SSSR count). The summed E-state index contributed by atoms with van der Waals surface area (Å²) in [5.74, 6) is -1.01. The fourth-order valence-electron chi connectivity index (χ4n) is 4.50. The van der Waals surface area contributed by atoms with Gasteiger partial charge in [-0.15, -0.1) is 0 Å². The van der Waals surface area contributed by atoms with E-state index in [-0.39, 0.29) is 24.1 Å². The van der Waals surface area contributed by atoms with Gasteiger partial charge in [0, 0.05) is 6.42 Å². The Labute approximate surface area is 172 Å². The van der Waals surface area contributed by atoms with Crippen LogP contribution in [0.1, 0.15) is 69.8 Å². The second-order valence-electron chi connectivity index (χ2n) is 8.44. The van der Waals surface area contributed by atoms with Crippen LogP contribution >= 0.6 is 0 Å². The summed E-state index contributed by atoms with van der Waals surface area (Å²) in [6.07, 6.45) is 5.78. The van der Waals surface area contributed by atoms with Crippen LogP contribution in [0.4, 0.5) is 4.39 Å². The average Bonchev–Trinajstić information content (AvgIpc) is 2.94. The Morgan fingerprint density at radius 3 is 2.24 bits per heavy atom. The van der Waals surface area contributed by atoms with Gasteiger partial charge in [0.2, 0.25) is 0 Å². The summed E-state index contributed by atoms with van der Waals surface area (Å²) >= 11 is 0. The molecule has 1 fully saturated rings. The number of rotatable bonds is 13. The topological polar surface area (TPSA) is 98.0 Å². The van der Waals surface area contributed by atoms with E-state index in [9.17, 15) is 24.5 Å². The van der Waals surface area contributed by atoms with Crippen LogP contribution in [0.3, 0.4) is 0 Å². The van der Waals surface area contributed by atoms with Crippen molar-refractivity contribution in [3.63, 3.8) is 0 Å². The average molecular weight is 411 g/mol. The van der Waals surface area contributed by atoms with Gasteiger partial charge in [0.15, 0.2) is 0 Å². The van der Waals surface area contributed by atoms with E-state index in [1.165, 1.54) is 12.1 Å². The summed E-state index contributed by atoms with van der Waals surface area (Å²) in [6.45, 7) is 0. The number of carboxylic acid groups (broad SMARTS) is 1. The Balaban J connectivity index is 1.70. The molecular weight excluding hydrogens is 375 g/mol. The first-order valence-electron chi connectivity index (χ1n) is 10.9. The van der Waals surface area contributed by atoms with Crippen LogP contribution in [-0.2, 0) is 11.2 Å². The zero-order chi connectivity index (χ0) is 21.2. The van der Waals surface area contributed by atoms with Crippen molar-refractivity contribution < 1.29 is 29.6 Å². The van der Waals surface area contributed by atoms with Gasteiger partial charge < -0.3 is 20.4 Å². The molecule has 0 saturated heterocycles. The summed E-state index contributed by atoms with van der Waals surface area (Å²) in [5.41, 5.74) is 0.988. The molecule has 0 unspecified atom stereocenters. The molecule has 0 aromatic heterocycles. The molecule has 0 spiro atoms. The molecule has 5 atom stereocenters. The maximum atomic E-state index is 12.9. The van der Waals surface area contributed by atoms with Crippen molar-refractivity contribution in [3.8, 4) is 0 Å². The number of unbranched alkanes of at least 4 members (excludes halogenated alkanes) is 3. The number of carbonyl (C=O) groups is 1. The highest BCUT2D eigenvalue weighted by atomic mass is 19.1. The van der Waals surface area contributed by atoms with Gasteiger partial charge in [0.1, 0.15) is 5.82 Å². The molecule has 0 amide bonds. The number of benzene rings is 1. The van der Waals surface area contributed by atoms with Crippen molar-refractivity contribution in [1.82, 2.24) is 0 Å². The molecule has 1 aromatic carbocycles. The van der Waals surface area contributed by atoms with Crippen molar-refractivity contribution in [3.05, 3.63) is 35.6 Å². The Kier molecular flexibility index (Phi) is 10.0. The van der Waals surface area contributed by atoms with Crippen molar-refractivity contribution in [2.45, 2.75) is 88.9 Å². The summed E-state index contributed by atoms with van der Waals surface area (Å²) in [7, 11) is 0. The smallest absolute Gasteiger partial charge is 0.303 e. The molecule has 0 radical (unpaired) electrons. The van der Waals surface area contributed by atoms with E-state index in [4.69, 9.17) is 5.11 Å². The molecule has 0 heterocycles. The number of aliphatic hydroxyl groups is 3. The van der Waals surface area contributed by atoms with Gasteiger partial charge in [-0.05, 0) is 74.5 Å². The zero-order valence-corrected chi connectivity index (χ0v) is 17.0. The lowest BCUT2D eigenvalue weighted by molar-refractivity contribution is -0.137. The van der Waals surface area contributed by atoms with Crippen LogP contribution in [0.5, 0.6) is 0 Å². The first kappa shape index (κ1) is 23.8. The summed E-state index contributed by atoms with van der Waals surface area (Å²) in [6, 6.07) is 6.30. The Morgan fingerprint density at radius 2 is 1.59 bits per heavy atom. The van der Waals surface area contributed by atoms with Crippen LogP contribution in [0.25, 0.3) is 0 Å². The maximum absolute atomic E-state index is 12.9. The van der Waals surface area contributed by atoms with E-state index in [1.54, 1.807) is 12.1 Å². The maximum Gasteiger partial charge on any atom is 0.303 e. The first-order valence-corrected chi connectivity index (χ1v) is 10.9. The molecule has 4 N–H and O–H groups in total. The number of halogens is 1. The SMILES string of the molecule is O=C(O)CCCCCC[C@@H]1[C@@H](CC[C@@H](O)CCc2ccc(F)cc2)[C@H](O)C[C@@H]1O. The highest BCUT2D eigenvalue weighted by molar-refractivity contribution is 5.66. The van der Waals surface area contributed by atoms with Crippen LogP contribution in [0.2, 0.25) is 0 Å². The normalized spacial score (nSPS) is 25.2. The first-order chi connectivity index (χ1) is 13.9. The van der Waals surface area contributed by atoms with E-state index < -0.39 is 24.3 Å². The van der Waals surface area contributed by atoms with Gasteiger partial charge in [0.25, 0.3) is 0 Å². The Morgan fingerprint density at radius 1 is 0.966 bits per heavy atom. The van der Waals surface area contributed by atoms with E-state index >= 15 is 0 Å². The van der Waals surface area contributed by atoms with Crippen LogP contribution in [0.15, 0.2) is 24.3 Å². The quantitative estimate of drug-likeness (QED) is 0.372. The molecule has 1 aliphatic carbocycles. The molecule has 6 heteroatoms. The lowest BCUT2D eigenvalue weighted by atomic mass is 9.84. The second kappa shape index (κ2) is 12.3. The number of carboxylic acids is 1. The minimum absolute atomic E-state index is 0.00973. The number of aryl methyl sites for hydroxylation is 1. The second-order valence-corrected chi connectivity index (χ2v) is 8.44. The molecule has 0 aliphatic heterocycles. The third-order valence-corrected chi connectivity index (χ3v) is 6.21. The zero-order valence-electron chi connectivity index (χ0n) is 17.0. The molecule has 29 heavy (non-hydrogen) atoms. The van der Waals surface area contributed by atoms with E-state index in [0.29, 0.717) is 38.5 Å². The molecular formula is C23H35FO5. The predicted octanol–water partition coefficient (Wildman–Crippen LogP) is 3.68. The van der Waals surface area contributed by atoms with Gasteiger partial charge >= 0.3 is 5.97 Å². The molecule has 1 aliphatic rings. The van der Waals surface area contributed by atoms with Crippen molar-refractivity contribution in [2.75, 3.05) is 0 Å². The summed E-state index contributed by atoms with van der Waals surface area (Å²) < 4.78 is 12.9. The molecule has 164 valence electrons. The third kappa shape index (κ3) is 8.41. The minimum Gasteiger partial charge on any atom is -0.481 e. The highest BCUT2D eigenvalue weighted by Crippen LogP contribution is 2.39. The monoisotopic (exact) mass is 410 g/mol. The molecule has 5 nitrogen and oxygen atoms in total. The van der Waals surface area contributed by atoms with Gasteiger partial charge in [-0.2, -0.15) is 0 Å². The number of hydrogen-bond acceptors (Lipinski definition) is 4. The molecule has 0 bridgehead atoms. The minimum atomic E-state index is -0.766. The standard InChI is InChI=1S/C23H35FO5/c24-17-10-7-16(8-11-17)9-12-18(25)13-14-20-19(21(26)15-22(20)27)5-3-1-2-4-6-23(28)29/h7-8,10-11,18-22,25-27H,1-6,9,12-15H2,(H,28,29)/t18-,19+,20+,21-,22+/m0/s1. The lowest BCUT2D eigenvalue weighted by Gasteiger charge is -2.24. The molecule has 1 aromatic rings. The van der Waals surface area contributed by atoms with E-state index in [2.05, 4.69) is 0 Å². The van der Waals surface area contributed by atoms with Crippen molar-refractivity contribution >= 4 is 5.97 Å². The fourth-order valence-corrected chi connectivity index (χ4v) is 4.50.